The molecule has 0 heterocycles. The number of aromatic hydroxyl groups is 1. The number of phenols is 1. The van der Waals surface area contributed by atoms with E-state index in [1.165, 1.54) is 18.2 Å². The maximum absolute atomic E-state index is 13.1. The van der Waals surface area contributed by atoms with Crippen LogP contribution in [0.3, 0.4) is 0 Å². The summed E-state index contributed by atoms with van der Waals surface area (Å²) in [5, 5.41) is 13.0. The summed E-state index contributed by atoms with van der Waals surface area (Å²) in [5.41, 5.74) is 0.603. The molecule has 1 aliphatic rings. The SMILES string of the molecule is COC1CC(NC(C)c2cc(F)ccc2O)C1. The number of hydrogen-bond acceptors (Lipinski definition) is 3. The van der Waals surface area contributed by atoms with Crippen LogP contribution in [-0.2, 0) is 4.74 Å². The monoisotopic (exact) mass is 239 g/mol. The summed E-state index contributed by atoms with van der Waals surface area (Å²) in [6.45, 7) is 1.93. The quantitative estimate of drug-likeness (QED) is 0.847. The van der Waals surface area contributed by atoms with Crippen molar-refractivity contribution in [3.8, 4) is 5.75 Å². The molecule has 0 saturated heterocycles. The molecule has 1 unspecified atom stereocenters. The van der Waals surface area contributed by atoms with Gasteiger partial charge >= 0.3 is 0 Å². The van der Waals surface area contributed by atoms with Crippen molar-refractivity contribution < 1.29 is 14.2 Å². The van der Waals surface area contributed by atoms with Crippen LogP contribution < -0.4 is 5.32 Å². The van der Waals surface area contributed by atoms with Crippen LogP contribution >= 0.6 is 0 Å². The molecule has 3 nitrogen and oxygen atoms in total. The zero-order chi connectivity index (χ0) is 12.4. The van der Waals surface area contributed by atoms with E-state index in [0.717, 1.165) is 12.8 Å². The second kappa shape index (κ2) is 5.02. The van der Waals surface area contributed by atoms with Gasteiger partial charge in [0.25, 0.3) is 0 Å². The van der Waals surface area contributed by atoms with E-state index in [9.17, 15) is 9.50 Å². The van der Waals surface area contributed by atoms with E-state index < -0.39 is 0 Å². The first-order valence-corrected chi connectivity index (χ1v) is 5.87. The zero-order valence-electron chi connectivity index (χ0n) is 10.1. The first kappa shape index (κ1) is 12.3. The third-order valence-corrected chi connectivity index (χ3v) is 3.37. The van der Waals surface area contributed by atoms with E-state index in [2.05, 4.69) is 5.32 Å². The van der Waals surface area contributed by atoms with E-state index in [0.29, 0.717) is 17.7 Å². The lowest BCUT2D eigenvalue weighted by molar-refractivity contribution is 0.0146. The van der Waals surface area contributed by atoms with Crippen molar-refractivity contribution in [2.45, 2.75) is 38.0 Å². The van der Waals surface area contributed by atoms with Gasteiger partial charge in [0.15, 0.2) is 0 Å². The molecule has 1 aliphatic carbocycles. The lowest BCUT2D eigenvalue weighted by atomic mass is 9.88. The third-order valence-electron chi connectivity index (χ3n) is 3.37. The maximum Gasteiger partial charge on any atom is 0.123 e. The molecule has 0 aliphatic heterocycles. The fourth-order valence-corrected chi connectivity index (χ4v) is 2.21. The molecule has 1 aromatic carbocycles. The fourth-order valence-electron chi connectivity index (χ4n) is 2.21. The highest BCUT2D eigenvalue weighted by Gasteiger charge is 2.30. The van der Waals surface area contributed by atoms with Crippen molar-refractivity contribution in [3.05, 3.63) is 29.6 Å². The molecule has 2 rings (SSSR count). The van der Waals surface area contributed by atoms with Gasteiger partial charge in [-0.3, -0.25) is 0 Å². The van der Waals surface area contributed by atoms with E-state index in [1.54, 1.807) is 7.11 Å². The molecule has 1 saturated carbocycles. The smallest absolute Gasteiger partial charge is 0.123 e. The van der Waals surface area contributed by atoms with Crippen LogP contribution in [0.5, 0.6) is 5.75 Å². The molecule has 0 amide bonds. The molecule has 94 valence electrons. The summed E-state index contributed by atoms with van der Waals surface area (Å²) >= 11 is 0. The molecule has 0 aromatic heterocycles. The summed E-state index contributed by atoms with van der Waals surface area (Å²) in [6.07, 6.45) is 2.27. The Morgan fingerprint density at radius 3 is 2.82 bits per heavy atom. The summed E-state index contributed by atoms with van der Waals surface area (Å²) in [4.78, 5) is 0. The normalized spacial score (nSPS) is 25.4. The standard InChI is InChI=1S/C13H18FNO2/c1-8(15-10-6-11(7-10)17-2)12-5-9(14)3-4-13(12)16/h3-5,8,10-11,15-16H,6-7H2,1-2H3. The Morgan fingerprint density at radius 2 is 2.18 bits per heavy atom. The molecule has 1 fully saturated rings. The molecular weight excluding hydrogens is 221 g/mol. The van der Waals surface area contributed by atoms with Gasteiger partial charge in [-0.25, -0.2) is 4.39 Å². The lowest BCUT2D eigenvalue weighted by Gasteiger charge is -2.36. The predicted molar refractivity (Wildman–Crippen MR) is 63.4 cm³/mol. The van der Waals surface area contributed by atoms with Crippen LogP contribution in [0.15, 0.2) is 18.2 Å². The first-order chi connectivity index (χ1) is 8.10. The Hall–Kier alpha value is -1.13. The molecule has 2 N–H and O–H groups in total. The summed E-state index contributed by atoms with van der Waals surface area (Å²) in [7, 11) is 1.71. The fraction of sp³-hybridized carbons (Fsp3) is 0.538. The number of methoxy groups -OCH3 is 1. The molecule has 0 bridgehead atoms. The molecule has 4 heteroatoms. The molecule has 1 atom stereocenters. The average molecular weight is 239 g/mol. The van der Waals surface area contributed by atoms with Crippen molar-refractivity contribution in [1.29, 1.82) is 0 Å². The summed E-state index contributed by atoms with van der Waals surface area (Å²) in [5.74, 6) is -0.191. The van der Waals surface area contributed by atoms with Crippen molar-refractivity contribution in [2.75, 3.05) is 7.11 Å². The predicted octanol–water partition coefficient (Wildman–Crippen LogP) is 2.36. The number of nitrogens with one attached hydrogen (secondary N) is 1. The van der Waals surface area contributed by atoms with E-state index in [1.807, 2.05) is 6.92 Å². The Kier molecular flexibility index (Phi) is 3.64. The second-order valence-corrected chi connectivity index (χ2v) is 4.62. The average Bonchev–Trinajstić information content (AvgIpc) is 2.25. The first-order valence-electron chi connectivity index (χ1n) is 5.87. The minimum Gasteiger partial charge on any atom is -0.508 e. The lowest BCUT2D eigenvalue weighted by Crippen LogP contribution is -2.45. The molecule has 0 spiro atoms. The number of benzene rings is 1. The van der Waals surface area contributed by atoms with Gasteiger partial charge < -0.3 is 15.2 Å². The molecule has 0 radical (unpaired) electrons. The number of rotatable bonds is 4. The van der Waals surface area contributed by atoms with Crippen molar-refractivity contribution in [2.24, 2.45) is 0 Å². The number of phenolic OH excluding ortho intramolecular Hbond substituents is 1. The highest BCUT2D eigenvalue weighted by molar-refractivity contribution is 5.35. The largest absolute Gasteiger partial charge is 0.508 e. The van der Waals surface area contributed by atoms with Crippen LogP contribution in [0.25, 0.3) is 0 Å². The highest BCUT2D eigenvalue weighted by Crippen LogP contribution is 2.29. The summed E-state index contributed by atoms with van der Waals surface area (Å²) < 4.78 is 18.3. The number of halogens is 1. The minimum atomic E-state index is -0.324. The van der Waals surface area contributed by atoms with Gasteiger partial charge in [-0.15, -0.1) is 0 Å². The van der Waals surface area contributed by atoms with Gasteiger partial charge in [0.2, 0.25) is 0 Å². The molecule has 1 aromatic rings. The van der Waals surface area contributed by atoms with Crippen molar-refractivity contribution in [1.82, 2.24) is 5.32 Å². The highest BCUT2D eigenvalue weighted by atomic mass is 19.1. The van der Waals surface area contributed by atoms with Crippen LogP contribution in [-0.4, -0.2) is 24.4 Å². The van der Waals surface area contributed by atoms with E-state index >= 15 is 0 Å². The van der Waals surface area contributed by atoms with Crippen molar-refractivity contribution >= 4 is 0 Å². The molecule has 17 heavy (non-hydrogen) atoms. The van der Waals surface area contributed by atoms with Crippen LogP contribution in [0.1, 0.15) is 31.4 Å². The zero-order valence-corrected chi connectivity index (χ0v) is 10.1. The van der Waals surface area contributed by atoms with Gasteiger partial charge in [-0.1, -0.05) is 0 Å². The van der Waals surface area contributed by atoms with Gasteiger partial charge in [-0.05, 0) is 38.0 Å². The number of hydrogen-bond donors (Lipinski definition) is 2. The van der Waals surface area contributed by atoms with E-state index in [-0.39, 0.29) is 17.6 Å². The van der Waals surface area contributed by atoms with Gasteiger partial charge in [0, 0.05) is 24.8 Å². The van der Waals surface area contributed by atoms with Crippen LogP contribution in [0.2, 0.25) is 0 Å². The van der Waals surface area contributed by atoms with E-state index in [4.69, 9.17) is 4.74 Å². The van der Waals surface area contributed by atoms with Gasteiger partial charge in [0.05, 0.1) is 6.10 Å². The topological polar surface area (TPSA) is 41.5 Å². The van der Waals surface area contributed by atoms with Crippen LogP contribution in [0.4, 0.5) is 4.39 Å². The summed E-state index contributed by atoms with van der Waals surface area (Å²) in [6, 6.07) is 4.35. The molecular formula is C13H18FNO2. The van der Waals surface area contributed by atoms with Gasteiger partial charge in [0.1, 0.15) is 11.6 Å². The Labute approximate surface area is 101 Å². The third kappa shape index (κ3) is 2.76. The number of ether oxygens (including phenoxy) is 1. The van der Waals surface area contributed by atoms with Gasteiger partial charge in [-0.2, -0.15) is 0 Å². The van der Waals surface area contributed by atoms with Crippen molar-refractivity contribution in [3.63, 3.8) is 0 Å². The Balaban J connectivity index is 1.95. The minimum absolute atomic E-state index is 0.0616. The van der Waals surface area contributed by atoms with Crippen LogP contribution in [0, 0.1) is 5.82 Å². The maximum atomic E-state index is 13.1. The Morgan fingerprint density at radius 1 is 1.47 bits per heavy atom. The second-order valence-electron chi connectivity index (χ2n) is 4.62. The Bertz CT molecular complexity index is 391.